The second kappa shape index (κ2) is 5.57. The fourth-order valence-electron chi connectivity index (χ4n) is 3.14. The average molecular weight is 382 g/mol. The monoisotopic (exact) mass is 382 g/mol. The van der Waals surface area contributed by atoms with Gasteiger partial charge < -0.3 is 10.1 Å². The zero-order valence-corrected chi connectivity index (χ0v) is 14.4. The van der Waals surface area contributed by atoms with Crippen molar-refractivity contribution in [1.29, 1.82) is 0 Å². The highest BCUT2D eigenvalue weighted by molar-refractivity contribution is 8.00. The molecular formula is C14H10N2O5S3. The van der Waals surface area contributed by atoms with Crippen LogP contribution in [0.2, 0.25) is 0 Å². The van der Waals surface area contributed by atoms with Gasteiger partial charge >= 0.3 is 10.8 Å². The maximum absolute atomic E-state index is 12.8. The number of nitrogens with one attached hydrogen (secondary N) is 1. The molecule has 4 rings (SSSR count). The number of thiazole rings is 1. The van der Waals surface area contributed by atoms with Gasteiger partial charge in [-0.2, -0.15) is 0 Å². The summed E-state index contributed by atoms with van der Waals surface area (Å²) in [7, 11) is 0. The lowest BCUT2D eigenvalue weighted by atomic mass is 9.87. The third kappa shape index (κ3) is 2.25. The van der Waals surface area contributed by atoms with Crippen molar-refractivity contribution in [3.8, 4) is 0 Å². The largest absolute Gasteiger partial charge is 0.480 e. The number of carboxylic acids is 1. The quantitative estimate of drug-likeness (QED) is 0.772. The Kier molecular flexibility index (Phi) is 3.62. The number of hydrogen-bond donors (Lipinski definition) is 2. The molecule has 3 atom stereocenters. The van der Waals surface area contributed by atoms with E-state index >= 15 is 0 Å². The Morgan fingerprint density at radius 3 is 2.75 bits per heavy atom. The number of amides is 2. The van der Waals surface area contributed by atoms with E-state index in [2.05, 4.69) is 4.98 Å². The van der Waals surface area contributed by atoms with Crippen LogP contribution in [0.15, 0.2) is 27.3 Å². The van der Waals surface area contributed by atoms with Gasteiger partial charge in [0.1, 0.15) is 11.8 Å². The first-order valence-corrected chi connectivity index (χ1v) is 9.55. The molecule has 0 aliphatic carbocycles. The van der Waals surface area contributed by atoms with Crippen LogP contribution in [-0.2, 0) is 14.4 Å². The molecule has 2 aliphatic rings. The second-order valence-corrected chi connectivity index (χ2v) is 8.57. The number of aromatic nitrogens is 1. The molecule has 0 bridgehead atoms. The zero-order valence-electron chi connectivity index (χ0n) is 11.9. The Morgan fingerprint density at radius 2 is 2.08 bits per heavy atom. The average Bonchev–Trinajstić information content (AvgIpc) is 3.21. The van der Waals surface area contributed by atoms with Crippen LogP contribution in [0.25, 0.3) is 0 Å². The number of nitrogens with zero attached hydrogens (tertiary/aromatic N) is 1. The minimum absolute atomic E-state index is 0.226. The van der Waals surface area contributed by atoms with Gasteiger partial charge in [0.2, 0.25) is 11.8 Å². The van der Waals surface area contributed by atoms with E-state index in [1.165, 1.54) is 11.3 Å². The molecule has 1 fully saturated rings. The molecule has 4 heterocycles. The Balaban J connectivity index is 1.84. The van der Waals surface area contributed by atoms with Gasteiger partial charge in [-0.05, 0) is 11.4 Å². The zero-order chi connectivity index (χ0) is 17.0. The fraction of sp³-hybridized carbons (Fsp3) is 0.286. The van der Waals surface area contributed by atoms with Gasteiger partial charge in [0.05, 0.1) is 10.9 Å². The summed E-state index contributed by atoms with van der Waals surface area (Å²) in [5.74, 6) is -3.29. The van der Waals surface area contributed by atoms with Crippen molar-refractivity contribution >= 4 is 52.2 Å². The van der Waals surface area contributed by atoms with Crippen LogP contribution in [0.1, 0.15) is 15.7 Å². The smallest absolute Gasteiger partial charge is 0.323 e. The predicted octanol–water partition coefficient (Wildman–Crippen LogP) is 1.17. The third-order valence-electron chi connectivity index (χ3n) is 4.06. The molecule has 1 saturated heterocycles. The number of aliphatic carboxylic acids is 1. The first-order chi connectivity index (χ1) is 11.5. The second-order valence-electron chi connectivity index (χ2n) is 5.42. The summed E-state index contributed by atoms with van der Waals surface area (Å²) in [5, 5.41) is 10.7. The number of fused-ring (bicyclic) bond motifs is 2. The Labute approximate surface area is 147 Å². The molecule has 0 saturated carbocycles. The molecule has 7 nitrogen and oxygen atoms in total. The summed E-state index contributed by atoms with van der Waals surface area (Å²) in [5.41, 5.74) is 0. The van der Waals surface area contributed by atoms with E-state index in [1.807, 2.05) is 17.5 Å². The molecule has 124 valence electrons. The van der Waals surface area contributed by atoms with E-state index < -0.39 is 41.4 Å². The van der Waals surface area contributed by atoms with Crippen molar-refractivity contribution in [2.75, 3.05) is 6.54 Å². The number of H-pyrrole nitrogens is 1. The number of aromatic amines is 1. The summed E-state index contributed by atoms with van der Waals surface area (Å²) < 4.78 is 0. The van der Waals surface area contributed by atoms with Crippen LogP contribution in [-0.4, -0.2) is 44.6 Å². The van der Waals surface area contributed by atoms with E-state index in [0.717, 1.165) is 37.8 Å². The van der Waals surface area contributed by atoms with E-state index in [0.29, 0.717) is 5.03 Å². The molecule has 0 spiro atoms. The predicted molar refractivity (Wildman–Crippen MR) is 88.6 cm³/mol. The highest BCUT2D eigenvalue weighted by Crippen LogP contribution is 2.53. The van der Waals surface area contributed by atoms with Crippen molar-refractivity contribution in [1.82, 2.24) is 9.88 Å². The van der Waals surface area contributed by atoms with Gasteiger partial charge in [0.25, 0.3) is 0 Å². The third-order valence-corrected chi connectivity index (χ3v) is 7.41. The van der Waals surface area contributed by atoms with Gasteiger partial charge in [-0.3, -0.25) is 24.1 Å². The normalized spacial score (nSPS) is 25.7. The SMILES string of the molecule is O=C(O)CN1C(=O)[C@@H]2[C@@H](c3cccs3)c3sc(=O)[nH]c3S[C@H]2C1=O. The number of thioether (sulfide) groups is 1. The van der Waals surface area contributed by atoms with E-state index in [1.54, 1.807) is 0 Å². The van der Waals surface area contributed by atoms with Crippen molar-refractivity contribution in [3.63, 3.8) is 0 Å². The number of hydrogen-bond acceptors (Lipinski definition) is 7. The molecule has 2 amide bonds. The Morgan fingerprint density at radius 1 is 1.29 bits per heavy atom. The summed E-state index contributed by atoms with van der Waals surface area (Å²) in [4.78, 5) is 53.0. The molecule has 24 heavy (non-hydrogen) atoms. The van der Waals surface area contributed by atoms with Crippen molar-refractivity contribution < 1.29 is 19.5 Å². The van der Waals surface area contributed by atoms with Gasteiger partial charge in [-0.25, -0.2) is 0 Å². The van der Waals surface area contributed by atoms with Crippen molar-refractivity contribution in [2.24, 2.45) is 5.92 Å². The van der Waals surface area contributed by atoms with Gasteiger partial charge in [-0.1, -0.05) is 29.2 Å². The summed E-state index contributed by atoms with van der Waals surface area (Å²) in [6.45, 7) is -0.632. The lowest BCUT2D eigenvalue weighted by Gasteiger charge is -2.28. The highest BCUT2D eigenvalue weighted by atomic mass is 32.2. The van der Waals surface area contributed by atoms with Gasteiger partial charge in [-0.15, -0.1) is 11.3 Å². The van der Waals surface area contributed by atoms with Crippen LogP contribution in [0.4, 0.5) is 0 Å². The molecule has 0 radical (unpaired) electrons. The lowest BCUT2D eigenvalue weighted by Crippen LogP contribution is -2.36. The number of imide groups is 1. The Bertz CT molecular complexity index is 900. The standard InChI is InChI=1S/C14H10N2O5S3/c17-6(18)4-16-12(19)8-7(5-2-1-3-22-5)9-11(15-14(21)24-9)23-10(8)13(16)20/h1-3,7-8,10H,4H2,(H,15,21)(H,17,18)/t7-,8-,10-/m1/s1. The van der Waals surface area contributed by atoms with Crippen LogP contribution in [0.3, 0.4) is 0 Å². The number of carboxylic acid groups (broad SMARTS) is 1. The number of likely N-dealkylation sites (tertiary alicyclic amines) is 1. The molecule has 2 aliphatic heterocycles. The maximum atomic E-state index is 12.8. The van der Waals surface area contributed by atoms with Crippen LogP contribution >= 0.6 is 34.4 Å². The van der Waals surface area contributed by atoms with Crippen LogP contribution in [0.5, 0.6) is 0 Å². The molecule has 0 aromatic carbocycles. The van der Waals surface area contributed by atoms with Gasteiger partial charge in [0.15, 0.2) is 0 Å². The topological polar surface area (TPSA) is 108 Å². The molecule has 2 aromatic heterocycles. The summed E-state index contributed by atoms with van der Waals surface area (Å²) >= 11 is 3.64. The Hall–Kier alpha value is -1.91. The van der Waals surface area contributed by atoms with Crippen LogP contribution < -0.4 is 4.87 Å². The highest BCUT2D eigenvalue weighted by Gasteiger charge is 2.56. The first kappa shape index (κ1) is 15.6. The van der Waals surface area contributed by atoms with E-state index in [9.17, 15) is 19.2 Å². The van der Waals surface area contributed by atoms with E-state index in [4.69, 9.17) is 5.11 Å². The molecule has 2 N–H and O–H groups in total. The number of rotatable bonds is 3. The first-order valence-electron chi connectivity index (χ1n) is 6.97. The van der Waals surface area contributed by atoms with Crippen molar-refractivity contribution in [2.45, 2.75) is 16.2 Å². The summed E-state index contributed by atoms with van der Waals surface area (Å²) in [6, 6.07) is 3.72. The van der Waals surface area contributed by atoms with E-state index in [-0.39, 0.29) is 4.87 Å². The fourth-order valence-corrected chi connectivity index (χ4v) is 6.63. The number of thiophene rings is 1. The lowest BCUT2D eigenvalue weighted by molar-refractivity contribution is -0.149. The summed E-state index contributed by atoms with van der Waals surface area (Å²) in [6.07, 6.45) is 0. The minimum Gasteiger partial charge on any atom is -0.480 e. The minimum atomic E-state index is -1.23. The molecule has 0 unspecified atom stereocenters. The van der Waals surface area contributed by atoms with Gasteiger partial charge in [0, 0.05) is 15.7 Å². The molecule has 2 aromatic rings. The van der Waals surface area contributed by atoms with Crippen molar-refractivity contribution in [3.05, 3.63) is 36.9 Å². The number of carbonyl (C=O) groups excluding carboxylic acids is 2. The number of carbonyl (C=O) groups is 3. The van der Waals surface area contributed by atoms with Crippen LogP contribution in [0, 0.1) is 5.92 Å². The maximum Gasteiger partial charge on any atom is 0.323 e. The molecular weight excluding hydrogens is 372 g/mol. The molecule has 10 heteroatoms.